The number of nitrogens with zero attached hydrogens (tertiary/aromatic N) is 2. The van der Waals surface area contributed by atoms with Gasteiger partial charge in [0.05, 0.1) is 16.1 Å². The summed E-state index contributed by atoms with van der Waals surface area (Å²) in [7, 11) is 0. The molecule has 0 spiro atoms. The average Bonchev–Trinajstić information content (AvgIpc) is 2.80. The van der Waals surface area contributed by atoms with Crippen molar-refractivity contribution in [1.29, 1.82) is 0 Å². The molecule has 4 heteroatoms. The Bertz CT molecular complexity index is 705. The van der Waals surface area contributed by atoms with Crippen LogP contribution in [0.1, 0.15) is 5.82 Å². The molecule has 2 nitrogen and oxygen atoms in total. The number of hydrogen-bond donors (Lipinski definition) is 0. The predicted octanol–water partition coefficient (Wildman–Crippen LogP) is 4.46. The summed E-state index contributed by atoms with van der Waals surface area (Å²) >= 11 is 12.2. The summed E-state index contributed by atoms with van der Waals surface area (Å²) in [4.78, 5) is 4.63. The van der Waals surface area contributed by atoms with Gasteiger partial charge in [0.1, 0.15) is 5.82 Å². The minimum atomic E-state index is 0.535. The summed E-state index contributed by atoms with van der Waals surface area (Å²) in [6.45, 7) is 0. The number of alkyl halides is 1. The summed E-state index contributed by atoms with van der Waals surface area (Å²) in [6.07, 6.45) is 0.710. The van der Waals surface area contributed by atoms with Crippen LogP contribution in [0.2, 0.25) is 5.02 Å². The molecule has 96 valence electrons. The van der Waals surface area contributed by atoms with Crippen LogP contribution in [0.15, 0.2) is 48.5 Å². The van der Waals surface area contributed by atoms with Gasteiger partial charge in [0, 0.05) is 18.0 Å². The van der Waals surface area contributed by atoms with E-state index in [2.05, 4.69) is 9.55 Å². The number of imidazole rings is 1. The van der Waals surface area contributed by atoms with Gasteiger partial charge in [-0.25, -0.2) is 4.98 Å². The molecule has 0 saturated heterocycles. The highest BCUT2D eigenvalue weighted by atomic mass is 35.5. The first-order chi connectivity index (χ1) is 9.31. The van der Waals surface area contributed by atoms with Crippen molar-refractivity contribution < 1.29 is 0 Å². The van der Waals surface area contributed by atoms with Crippen molar-refractivity contribution in [2.45, 2.75) is 6.42 Å². The lowest BCUT2D eigenvalue weighted by Crippen LogP contribution is -2.02. The normalized spacial score (nSPS) is 11.1. The summed E-state index contributed by atoms with van der Waals surface area (Å²) in [5, 5.41) is 0.703. The van der Waals surface area contributed by atoms with E-state index in [1.54, 1.807) is 0 Å². The molecule has 1 aromatic heterocycles. The lowest BCUT2D eigenvalue weighted by atomic mass is 10.2. The number of aromatic nitrogens is 2. The Morgan fingerprint density at radius 2 is 1.79 bits per heavy atom. The Kier molecular flexibility index (Phi) is 3.45. The number of benzene rings is 2. The molecular weight excluding hydrogens is 279 g/mol. The highest BCUT2D eigenvalue weighted by Gasteiger charge is 2.14. The second kappa shape index (κ2) is 5.24. The van der Waals surface area contributed by atoms with Crippen LogP contribution in [0.5, 0.6) is 0 Å². The number of hydrogen-bond acceptors (Lipinski definition) is 1. The van der Waals surface area contributed by atoms with Crippen molar-refractivity contribution in [2.75, 3.05) is 5.88 Å². The summed E-state index contributed by atoms with van der Waals surface area (Å²) in [5.41, 5.74) is 2.89. The molecule has 0 saturated carbocycles. The Morgan fingerprint density at radius 1 is 1.00 bits per heavy atom. The van der Waals surface area contributed by atoms with Crippen molar-refractivity contribution in [3.8, 4) is 5.69 Å². The second-order valence-corrected chi connectivity index (χ2v) is 5.03. The molecule has 0 atom stereocenters. The summed E-state index contributed by atoms with van der Waals surface area (Å²) in [5.74, 6) is 1.47. The van der Waals surface area contributed by atoms with Gasteiger partial charge in [-0.15, -0.1) is 11.6 Å². The van der Waals surface area contributed by atoms with E-state index < -0.39 is 0 Å². The molecule has 0 N–H and O–H groups in total. The van der Waals surface area contributed by atoms with Crippen molar-refractivity contribution in [3.63, 3.8) is 0 Å². The fraction of sp³-hybridized carbons (Fsp3) is 0.133. The first kappa shape index (κ1) is 12.5. The Hall–Kier alpha value is -1.51. The van der Waals surface area contributed by atoms with Crippen molar-refractivity contribution >= 4 is 34.2 Å². The number of fused-ring (bicyclic) bond motifs is 1. The zero-order valence-electron chi connectivity index (χ0n) is 10.2. The monoisotopic (exact) mass is 290 g/mol. The Balaban J connectivity index is 2.33. The van der Waals surface area contributed by atoms with Crippen molar-refractivity contribution in [2.24, 2.45) is 0 Å². The second-order valence-electron chi connectivity index (χ2n) is 4.25. The molecule has 0 aliphatic carbocycles. The zero-order chi connectivity index (χ0) is 13.2. The van der Waals surface area contributed by atoms with E-state index in [-0.39, 0.29) is 0 Å². The molecule has 2 aromatic carbocycles. The van der Waals surface area contributed by atoms with E-state index in [1.165, 1.54) is 0 Å². The van der Waals surface area contributed by atoms with Crippen LogP contribution in [-0.4, -0.2) is 15.4 Å². The van der Waals surface area contributed by atoms with E-state index in [0.29, 0.717) is 17.3 Å². The molecule has 3 aromatic rings. The van der Waals surface area contributed by atoms with Gasteiger partial charge < -0.3 is 0 Å². The molecule has 0 bridgehead atoms. The van der Waals surface area contributed by atoms with E-state index in [0.717, 1.165) is 22.5 Å². The maximum absolute atomic E-state index is 6.33. The third kappa shape index (κ3) is 2.22. The van der Waals surface area contributed by atoms with Gasteiger partial charge in [0.15, 0.2) is 0 Å². The van der Waals surface area contributed by atoms with Crippen LogP contribution in [-0.2, 0) is 6.42 Å². The SMILES string of the molecule is ClCCc1nc2cccc(Cl)c2n1-c1ccccc1. The van der Waals surface area contributed by atoms with E-state index in [4.69, 9.17) is 23.2 Å². The quantitative estimate of drug-likeness (QED) is 0.651. The number of para-hydroxylation sites is 2. The van der Waals surface area contributed by atoms with Crippen LogP contribution in [0.25, 0.3) is 16.7 Å². The molecule has 3 rings (SSSR count). The van der Waals surface area contributed by atoms with Gasteiger partial charge in [-0.3, -0.25) is 4.57 Å². The first-order valence-electron chi connectivity index (χ1n) is 6.08. The third-order valence-corrected chi connectivity index (χ3v) is 3.52. The van der Waals surface area contributed by atoms with Crippen LogP contribution in [0.3, 0.4) is 0 Å². The Labute approximate surface area is 121 Å². The molecule has 0 radical (unpaired) electrons. The van der Waals surface area contributed by atoms with E-state index in [1.807, 2.05) is 48.5 Å². The molecule has 0 fully saturated rings. The molecule has 0 amide bonds. The standard InChI is InChI=1S/C15H12Cl2N2/c16-10-9-14-18-13-8-4-7-12(17)15(13)19(14)11-5-2-1-3-6-11/h1-8H,9-10H2. The molecule has 0 aliphatic rings. The summed E-state index contributed by atoms with van der Waals surface area (Å²) in [6, 6.07) is 15.9. The van der Waals surface area contributed by atoms with E-state index in [9.17, 15) is 0 Å². The van der Waals surface area contributed by atoms with Crippen molar-refractivity contribution in [1.82, 2.24) is 9.55 Å². The van der Waals surface area contributed by atoms with Crippen molar-refractivity contribution in [3.05, 3.63) is 59.4 Å². The number of aryl methyl sites for hydroxylation is 1. The fourth-order valence-corrected chi connectivity index (χ4v) is 2.66. The van der Waals surface area contributed by atoms with Crippen LogP contribution in [0, 0.1) is 0 Å². The average molecular weight is 291 g/mol. The molecule has 19 heavy (non-hydrogen) atoms. The minimum absolute atomic E-state index is 0.535. The predicted molar refractivity (Wildman–Crippen MR) is 80.5 cm³/mol. The highest BCUT2D eigenvalue weighted by Crippen LogP contribution is 2.28. The van der Waals surface area contributed by atoms with Gasteiger partial charge in [0.2, 0.25) is 0 Å². The maximum Gasteiger partial charge on any atom is 0.115 e. The number of rotatable bonds is 3. The largest absolute Gasteiger partial charge is 0.295 e. The van der Waals surface area contributed by atoms with Gasteiger partial charge >= 0.3 is 0 Å². The smallest absolute Gasteiger partial charge is 0.115 e. The van der Waals surface area contributed by atoms with Gasteiger partial charge in [-0.2, -0.15) is 0 Å². The van der Waals surface area contributed by atoms with Crippen LogP contribution in [0.4, 0.5) is 0 Å². The van der Waals surface area contributed by atoms with E-state index >= 15 is 0 Å². The van der Waals surface area contributed by atoms with Crippen LogP contribution >= 0.6 is 23.2 Å². The van der Waals surface area contributed by atoms with Crippen LogP contribution < -0.4 is 0 Å². The maximum atomic E-state index is 6.33. The van der Waals surface area contributed by atoms with Gasteiger partial charge in [-0.1, -0.05) is 35.9 Å². The minimum Gasteiger partial charge on any atom is -0.295 e. The molecule has 0 unspecified atom stereocenters. The third-order valence-electron chi connectivity index (χ3n) is 3.03. The lowest BCUT2D eigenvalue weighted by Gasteiger charge is -2.09. The first-order valence-corrected chi connectivity index (χ1v) is 7.00. The molecule has 0 aliphatic heterocycles. The number of halogens is 2. The van der Waals surface area contributed by atoms with Gasteiger partial charge in [0.25, 0.3) is 0 Å². The van der Waals surface area contributed by atoms with Gasteiger partial charge in [-0.05, 0) is 24.3 Å². The highest BCUT2D eigenvalue weighted by molar-refractivity contribution is 6.35. The molecular formula is C15H12Cl2N2. The zero-order valence-corrected chi connectivity index (χ0v) is 11.7. The lowest BCUT2D eigenvalue weighted by molar-refractivity contribution is 0.912. The topological polar surface area (TPSA) is 17.8 Å². The Morgan fingerprint density at radius 3 is 2.53 bits per heavy atom. The fourth-order valence-electron chi connectivity index (χ4n) is 2.24. The summed E-state index contributed by atoms with van der Waals surface area (Å²) < 4.78 is 2.08. The molecule has 1 heterocycles.